The Morgan fingerprint density at radius 1 is 0.795 bits per heavy atom. The van der Waals surface area contributed by atoms with Crippen molar-refractivity contribution >= 4 is 73.2 Å². The van der Waals surface area contributed by atoms with Gasteiger partial charge in [0.15, 0.2) is 21.8 Å². The molecule has 0 aliphatic rings. The van der Waals surface area contributed by atoms with E-state index in [4.69, 9.17) is 14.2 Å². The molecule has 3 rings (SSSR count). The van der Waals surface area contributed by atoms with Crippen molar-refractivity contribution in [2.24, 2.45) is 0 Å². The summed E-state index contributed by atoms with van der Waals surface area (Å²) in [5, 5.41) is 2.32. The molecule has 0 saturated carbocycles. The molecule has 3 aromatic rings. The summed E-state index contributed by atoms with van der Waals surface area (Å²) < 4.78 is 21.3. The summed E-state index contributed by atoms with van der Waals surface area (Å²) in [6.07, 6.45) is 20.9. The van der Waals surface area contributed by atoms with Gasteiger partial charge in [0.2, 0.25) is 0 Å². The first kappa shape index (κ1) is 42.1. The molecule has 242 valence electrons. The standard InChI is InChI=1S/C11H17BrN2O2S.C9H12N2OS.C5H5BrN2S.C4H6O/c1-4-15-10(16-5-2)9(12)8-6-7-13-11(14-8)17-3;1-3-12-7-5-8-4-6-10-9(11-8)13-2;1-9-5-7-3-2-4(6)8-5;1-3-5-4-2/h6-7,9-10H,4-5H2,1-3H3;4-7H,3H2,1-2H3;2-3H,1H3;1H,4H2,2H3/b;7-5+;;. The third-order valence-corrected chi connectivity index (χ3v) is 7.40. The molecule has 1 unspecified atom stereocenters. The molecule has 10 nitrogen and oxygen atoms in total. The van der Waals surface area contributed by atoms with Crippen LogP contribution >= 0.6 is 67.1 Å². The van der Waals surface area contributed by atoms with Crippen LogP contribution in [0.1, 0.15) is 43.9 Å². The lowest BCUT2D eigenvalue weighted by Crippen LogP contribution is -2.23. The summed E-state index contributed by atoms with van der Waals surface area (Å²) in [5.74, 6) is 0. The smallest absolute Gasteiger partial charge is 0.188 e. The first-order valence-electron chi connectivity index (χ1n) is 13.3. The summed E-state index contributed by atoms with van der Waals surface area (Å²) in [4.78, 5) is 24.8. The van der Waals surface area contributed by atoms with Gasteiger partial charge in [-0.3, -0.25) is 0 Å². The molecule has 1 atom stereocenters. The van der Waals surface area contributed by atoms with E-state index in [9.17, 15) is 0 Å². The molecule has 0 aromatic carbocycles. The maximum Gasteiger partial charge on any atom is 0.188 e. The van der Waals surface area contributed by atoms with Gasteiger partial charge in [0.05, 0.1) is 30.9 Å². The Labute approximate surface area is 291 Å². The van der Waals surface area contributed by atoms with Crippen molar-refractivity contribution in [3.63, 3.8) is 0 Å². The van der Waals surface area contributed by atoms with Crippen LogP contribution in [0.5, 0.6) is 0 Å². The molecule has 0 radical (unpaired) electrons. The molecular weight excluding hydrogens is 752 g/mol. The minimum Gasteiger partial charge on any atom is -0.501 e. The molecule has 15 heteroatoms. The minimum absolute atomic E-state index is 0.0868. The van der Waals surface area contributed by atoms with Crippen LogP contribution in [0.25, 0.3) is 6.08 Å². The van der Waals surface area contributed by atoms with Crippen LogP contribution < -0.4 is 0 Å². The van der Waals surface area contributed by atoms with Crippen molar-refractivity contribution in [3.05, 3.63) is 59.0 Å². The van der Waals surface area contributed by atoms with Crippen molar-refractivity contribution < 1.29 is 18.9 Å². The van der Waals surface area contributed by atoms with Gasteiger partial charge in [-0.2, -0.15) is 0 Å². The molecule has 0 amide bonds. The molecule has 0 fully saturated rings. The molecule has 0 N–H and O–H groups in total. The maximum atomic E-state index is 5.54. The molecule has 3 aromatic heterocycles. The normalized spacial score (nSPS) is 10.8. The van der Waals surface area contributed by atoms with E-state index in [0.717, 1.165) is 31.5 Å². The van der Waals surface area contributed by atoms with Crippen LogP contribution in [0.15, 0.2) is 63.1 Å². The lowest BCUT2D eigenvalue weighted by molar-refractivity contribution is -0.135. The number of nitrogens with zero attached hydrogens (tertiary/aromatic N) is 6. The monoisotopic (exact) mass is 790 g/mol. The number of halogens is 2. The van der Waals surface area contributed by atoms with Crippen LogP contribution in [0.2, 0.25) is 0 Å². The molecular formula is C29H40Br2N6O4S3. The summed E-state index contributed by atoms with van der Waals surface area (Å²) >= 11 is 11.4. The molecule has 0 saturated heterocycles. The Morgan fingerprint density at radius 3 is 1.80 bits per heavy atom. The summed E-state index contributed by atoms with van der Waals surface area (Å²) in [6.45, 7) is 10.2. The van der Waals surface area contributed by atoms with E-state index in [-0.39, 0.29) is 11.1 Å². The van der Waals surface area contributed by atoms with Gasteiger partial charge in [-0.1, -0.05) is 57.6 Å². The number of rotatable bonds is 13. The van der Waals surface area contributed by atoms with Gasteiger partial charge in [0.1, 0.15) is 15.5 Å². The lowest BCUT2D eigenvalue weighted by atomic mass is 10.3. The minimum atomic E-state index is -0.324. The lowest BCUT2D eigenvalue weighted by Gasteiger charge is -2.21. The van der Waals surface area contributed by atoms with Gasteiger partial charge >= 0.3 is 0 Å². The number of terminal acetylenes is 1. The predicted molar refractivity (Wildman–Crippen MR) is 189 cm³/mol. The Hall–Kier alpha value is -1.93. The van der Waals surface area contributed by atoms with E-state index < -0.39 is 0 Å². The van der Waals surface area contributed by atoms with E-state index >= 15 is 0 Å². The van der Waals surface area contributed by atoms with Gasteiger partial charge in [0.25, 0.3) is 0 Å². The third kappa shape index (κ3) is 20.2. The Kier molecular flexibility index (Phi) is 27.3. The number of thioether (sulfide) groups is 3. The highest BCUT2D eigenvalue weighted by molar-refractivity contribution is 9.10. The Bertz CT molecular complexity index is 1220. The molecule has 44 heavy (non-hydrogen) atoms. The number of hydrogen-bond acceptors (Lipinski definition) is 13. The van der Waals surface area contributed by atoms with E-state index in [0.29, 0.717) is 26.4 Å². The summed E-state index contributed by atoms with van der Waals surface area (Å²) in [7, 11) is 0. The highest BCUT2D eigenvalue weighted by atomic mass is 79.9. The molecule has 0 aliphatic carbocycles. The first-order chi connectivity index (χ1) is 21.3. The van der Waals surface area contributed by atoms with Gasteiger partial charge in [-0.15, -0.1) is 0 Å². The molecule has 0 aliphatic heterocycles. The van der Waals surface area contributed by atoms with Crippen LogP contribution in [-0.2, 0) is 18.9 Å². The van der Waals surface area contributed by atoms with Gasteiger partial charge in [0, 0.05) is 31.8 Å². The third-order valence-electron chi connectivity index (χ3n) is 4.37. The van der Waals surface area contributed by atoms with Crippen LogP contribution in [0.4, 0.5) is 0 Å². The topological polar surface area (TPSA) is 114 Å². The van der Waals surface area contributed by atoms with Crippen molar-refractivity contribution in [2.45, 2.75) is 54.3 Å². The number of aromatic nitrogens is 6. The zero-order valence-corrected chi connectivity index (χ0v) is 31.6. The fourth-order valence-corrected chi connectivity index (χ4v) is 4.60. The SMILES string of the molecule is C#COCC.CCO/C=C/c1ccnc(SC)n1.CCOC(OCC)C(Br)c1ccnc(SC)n1.CSc1nccc(Br)n1. The highest BCUT2D eigenvalue weighted by Crippen LogP contribution is 2.28. The molecule has 3 heterocycles. The Morgan fingerprint density at radius 2 is 1.34 bits per heavy atom. The summed E-state index contributed by atoms with van der Waals surface area (Å²) in [6, 6.07) is 5.51. The number of alkyl halides is 1. The van der Waals surface area contributed by atoms with Gasteiger partial charge < -0.3 is 18.9 Å². The largest absolute Gasteiger partial charge is 0.501 e. The van der Waals surface area contributed by atoms with Gasteiger partial charge in [-0.25, -0.2) is 29.9 Å². The van der Waals surface area contributed by atoms with E-state index in [2.05, 4.69) is 72.9 Å². The van der Waals surface area contributed by atoms with Crippen molar-refractivity contribution in [3.8, 4) is 12.5 Å². The van der Waals surface area contributed by atoms with E-state index in [1.165, 1.54) is 35.3 Å². The Balaban J connectivity index is 0.000000606. The second-order valence-corrected chi connectivity index (χ2v) is 11.4. The average molecular weight is 793 g/mol. The zero-order chi connectivity index (χ0) is 33.0. The van der Waals surface area contributed by atoms with E-state index in [1.54, 1.807) is 30.9 Å². The van der Waals surface area contributed by atoms with Crippen LogP contribution in [-0.4, -0.2) is 81.4 Å². The first-order valence-corrected chi connectivity index (χ1v) is 18.7. The van der Waals surface area contributed by atoms with Gasteiger partial charge in [-0.05, 0) is 86.7 Å². The van der Waals surface area contributed by atoms with Crippen molar-refractivity contribution in [2.75, 3.05) is 45.2 Å². The molecule has 0 bridgehead atoms. The van der Waals surface area contributed by atoms with Crippen LogP contribution in [0, 0.1) is 12.5 Å². The average Bonchev–Trinajstić information content (AvgIpc) is 3.06. The second kappa shape index (κ2) is 28.5. The van der Waals surface area contributed by atoms with Crippen molar-refractivity contribution in [1.82, 2.24) is 29.9 Å². The quantitative estimate of drug-likeness (QED) is 0.0319. The number of hydrogen-bond donors (Lipinski definition) is 0. The maximum absolute atomic E-state index is 5.54. The predicted octanol–water partition coefficient (Wildman–Crippen LogP) is 7.81. The highest BCUT2D eigenvalue weighted by Gasteiger charge is 2.23. The number of ether oxygens (including phenoxy) is 4. The van der Waals surface area contributed by atoms with E-state index in [1.807, 2.05) is 70.8 Å². The van der Waals surface area contributed by atoms with Crippen molar-refractivity contribution in [1.29, 1.82) is 0 Å². The zero-order valence-electron chi connectivity index (χ0n) is 26.0. The fourth-order valence-electron chi connectivity index (χ4n) is 2.55. The fraction of sp³-hybridized carbons (Fsp3) is 0.448. The summed E-state index contributed by atoms with van der Waals surface area (Å²) in [5.41, 5.74) is 1.74. The van der Waals surface area contributed by atoms with Crippen LogP contribution in [0.3, 0.4) is 0 Å². The second-order valence-electron chi connectivity index (χ2n) is 7.29. The molecule has 0 spiro atoms.